The lowest BCUT2D eigenvalue weighted by Crippen LogP contribution is -2.51. The summed E-state index contributed by atoms with van der Waals surface area (Å²) in [4.78, 5) is 46.8. The van der Waals surface area contributed by atoms with Gasteiger partial charge in [0.1, 0.15) is 6.04 Å². The predicted octanol–water partition coefficient (Wildman–Crippen LogP) is 0.589. The molecule has 0 aromatic rings. The van der Waals surface area contributed by atoms with Crippen molar-refractivity contribution in [2.75, 3.05) is 32.6 Å². The van der Waals surface area contributed by atoms with Gasteiger partial charge in [0.25, 0.3) is 0 Å². The molecule has 11 nitrogen and oxygen atoms in total. The Morgan fingerprint density at radius 1 is 1.23 bits per heavy atom. The fourth-order valence-electron chi connectivity index (χ4n) is 2.44. The lowest BCUT2D eigenvalue weighted by Gasteiger charge is -2.40. The summed E-state index contributed by atoms with van der Waals surface area (Å²) >= 11 is 1.11. The maximum atomic E-state index is 12.8. The zero-order chi connectivity index (χ0) is 22.9. The highest BCUT2D eigenvalue weighted by Crippen LogP contribution is 2.53. The van der Waals surface area contributed by atoms with Gasteiger partial charge in [-0.1, -0.05) is 25.6 Å². The first-order chi connectivity index (χ1) is 13.9. The molecule has 1 saturated heterocycles. The van der Waals surface area contributed by atoms with Gasteiger partial charge in [-0.2, -0.15) is 0 Å². The predicted molar refractivity (Wildman–Crippen MR) is 111 cm³/mol. The van der Waals surface area contributed by atoms with E-state index < -0.39 is 37.2 Å². The molecule has 0 saturated carbocycles. The van der Waals surface area contributed by atoms with E-state index in [1.807, 2.05) is 0 Å². The van der Waals surface area contributed by atoms with Crippen LogP contribution in [0.25, 0.3) is 0 Å². The van der Waals surface area contributed by atoms with Gasteiger partial charge in [0.15, 0.2) is 11.2 Å². The lowest BCUT2D eigenvalue weighted by molar-refractivity contribution is -0.142. The molecule has 13 heteroatoms. The molecule has 1 rings (SSSR count). The number of thioether (sulfide) groups is 1. The van der Waals surface area contributed by atoms with Crippen molar-refractivity contribution in [2.24, 2.45) is 5.41 Å². The van der Waals surface area contributed by atoms with Crippen molar-refractivity contribution in [2.45, 2.75) is 46.3 Å². The second kappa shape index (κ2) is 11.8. The van der Waals surface area contributed by atoms with Crippen LogP contribution in [0.4, 0.5) is 0 Å². The fourth-order valence-corrected chi connectivity index (χ4v) is 4.87. The summed E-state index contributed by atoms with van der Waals surface area (Å²) in [6, 6.07) is -0.962. The lowest BCUT2D eigenvalue weighted by atomic mass is 9.87. The van der Waals surface area contributed by atoms with Gasteiger partial charge in [0.05, 0.1) is 13.7 Å². The number of esters is 1. The van der Waals surface area contributed by atoms with Crippen LogP contribution < -0.4 is 15.7 Å². The third kappa shape index (κ3) is 8.73. The smallest absolute Gasteiger partial charge is 0.407 e. The molecule has 0 radical (unpaired) electrons. The van der Waals surface area contributed by atoms with Gasteiger partial charge in [-0.15, -0.1) is 0 Å². The Bertz CT molecular complexity index is 702. The summed E-state index contributed by atoms with van der Waals surface area (Å²) in [5.74, 6) is -0.998. The summed E-state index contributed by atoms with van der Waals surface area (Å²) < 4.78 is 28.1. The van der Waals surface area contributed by atoms with Gasteiger partial charge >= 0.3 is 13.7 Å². The topological polar surface area (TPSA) is 149 Å². The van der Waals surface area contributed by atoms with Gasteiger partial charge in [-0.3, -0.25) is 28.2 Å². The summed E-state index contributed by atoms with van der Waals surface area (Å²) in [6.07, 6.45) is -1.08. The third-order valence-electron chi connectivity index (χ3n) is 4.09. The quantitative estimate of drug-likeness (QED) is 0.237. The number of ether oxygens (including phenoxy) is 1. The van der Waals surface area contributed by atoms with E-state index in [1.165, 1.54) is 21.0 Å². The number of hydrogen-bond donors (Lipinski definition) is 3. The van der Waals surface area contributed by atoms with Crippen molar-refractivity contribution in [3.63, 3.8) is 0 Å². The zero-order valence-electron chi connectivity index (χ0n) is 17.8. The summed E-state index contributed by atoms with van der Waals surface area (Å²) in [5.41, 5.74) is -0.791. The van der Waals surface area contributed by atoms with Crippen molar-refractivity contribution in [3.05, 3.63) is 0 Å². The minimum atomic E-state index is -3.93. The molecule has 0 bridgehead atoms. The Hall–Kier alpha value is -1.46. The zero-order valence-corrected chi connectivity index (χ0v) is 19.5. The number of carbonyl (C=O) groups excluding carboxylic acids is 4. The van der Waals surface area contributed by atoms with Gasteiger partial charge < -0.3 is 15.4 Å². The first-order valence-corrected chi connectivity index (χ1v) is 11.9. The molecular weight excluding hydrogens is 437 g/mol. The molecule has 0 unspecified atom stereocenters. The van der Waals surface area contributed by atoms with Crippen LogP contribution in [0.15, 0.2) is 0 Å². The van der Waals surface area contributed by atoms with Crippen molar-refractivity contribution in [3.8, 4) is 0 Å². The van der Waals surface area contributed by atoms with E-state index in [2.05, 4.69) is 20.5 Å². The van der Waals surface area contributed by atoms with Crippen molar-refractivity contribution in [1.82, 2.24) is 15.7 Å². The third-order valence-corrected chi connectivity index (χ3v) is 6.56. The molecule has 1 aliphatic rings. The number of carbonyl (C=O) groups is 4. The van der Waals surface area contributed by atoms with Gasteiger partial charge in [-0.05, 0) is 6.92 Å². The average molecular weight is 467 g/mol. The molecular formula is C17H30N3O8PS. The second-order valence-electron chi connectivity index (χ2n) is 7.35. The number of nitrogens with one attached hydrogen (secondary N) is 3. The fraction of sp³-hybridized carbons (Fsp3) is 0.765. The normalized spacial score (nSPS) is 23.8. The number of rotatable bonds is 10. The van der Waals surface area contributed by atoms with Crippen LogP contribution in [0, 0.1) is 5.41 Å². The first-order valence-electron chi connectivity index (χ1n) is 9.36. The highest BCUT2D eigenvalue weighted by atomic mass is 32.2. The summed E-state index contributed by atoms with van der Waals surface area (Å²) in [6.45, 7) is 6.66. The molecule has 0 aliphatic carbocycles. The van der Waals surface area contributed by atoms with Gasteiger partial charge in [0.2, 0.25) is 11.8 Å². The molecule has 0 spiro atoms. The molecule has 172 valence electrons. The van der Waals surface area contributed by atoms with Crippen LogP contribution in [-0.4, -0.2) is 67.6 Å². The maximum absolute atomic E-state index is 12.8. The number of amides is 2. The minimum absolute atomic E-state index is 0.0247. The van der Waals surface area contributed by atoms with E-state index in [0.29, 0.717) is 12.3 Å². The number of methoxy groups -OCH3 is 1. The van der Waals surface area contributed by atoms with Crippen LogP contribution in [-0.2, 0) is 37.5 Å². The van der Waals surface area contributed by atoms with Crippen molar-refractivity contribution in [1.29, 1.82) is 0 Å². The molecule has 3 atom stereocenters. The van der Waals surface area contributed by atoms with Crippen LogP contribution in [0.2, 0.25) is 0 Å². The highest BCUT2D eigenvalue weighted by molar-refractivity contribution is 8.13. The van der Waals surface area contributed by atoms with Crippen molar-refractivity contribution >= 4 is 42.4 Å². The van der Waals surface area contributed by atoms with E-state index in [9.17, 15) is 23.7 Å². The summed E-state index contributed by atoms with van der Waals surface area (Å²) in [7, 11) is -2.73. The molecule has 2 amide bonds. The summed E-state index contributed by atoms with van der Waals surface area (Å²) in [5, 5.41) is 7.66. The second-order valence-corrected chi connectivity index (χ2v) is 10.3. The van der Waals surface area contributed by atoms with Crippen LogP contribution in [0.5, 0.6) is 0 Å². The highest BCUT2D eigenvalue weighted by Gasteiger charge is 2.48. The Balaban J connectivity index is 2.55. The SMILES string of the molecule is COC(=O)[C@H](C)N[P@]1(=O)OCC(C)(C)[C@H](C(=O)NCCC(=O)NCCSC(C)=O)O1. The van der Waals surface area contributed by atoms with Gasteiger partial charge in [-0.25, -0.2) is 9.65 Å². The van der Waals surface area contributed by atoms with Crippen LogP contribution in [0.3, 0.4) is 0 Å². The molecule has 3 N–H and O–H groups in total. The molecule has 1 aliphatic heterocycles. The maximum Gasteiger partial charge on any atom is 0.407 e. The standard InChI is InChI=1S/C17H30N3O8PS/c1-11(16(24)26-5)20-29(25)27-10-17(3,4)14(28-29)15(23)19-7-6-13(22)18-8-9-30-12(2)21/h11,14H,6-10H2,1-5H3,(H,18,22)(H,19,23)(H,20,25)/t11-,14-,29-/m0/s1. The van der Waals surface area contributed by atoms with E-state index in [0.717, 1.165) is 11.8 Å². The minimum Gasteiger partial charge on any atom is -0.468 e. The molecule has 30 heavy (non-hydrogen) atoms. The average Bonchev–Trinajstić information content (AvgIpc) is 2.66. The number of hydrogen-bond acceptors (Lipinski definition) is 9. The van der Waals surface area contributed by atoms with Crippen LogP contribution in [0.1, 0.15) is 34.1 Å². The Labute approximate surface area is 180 Å². The van der Waals surface area contributed by atoms with Crippen molar-refractivity contribution < 1.29 is 37.5 Å². The Morgan fingerprint density at radius 2 is 1.90 bits per heavy atom. The first kappa shape index (κ1) is 26.6. The van der Waals surface area contributed by atoms with Gasteiger partial charge in [0, 0.05) is 37.6 Å². The van der Waals surface area contributed by atoms with E-state index in [1.54, 1.807) is 13.8 Å². The van der Waals surface area contributed by atoms with E-state index in [4.69, 9.17) is 9.05 Å². The van der Waals surface area contributed by atoms with E-state index in [-0.39, 0.29) is 30.6 Å². The van der Waals surface area contributed by atoms with E-state index >= 15 is 0 Å². The Morgan fingerprint density at radius 3 is 2.50 bits per heavy atom. The largest absolute Gasteiger partial charge is 0.468 e. The van der Waals surface area contributed by atoms with Crippen LogP contribution >= 0.6 is 19.5 Å². The molecule has 0 aromatic carbocycles. The monoisotopic (exact) mass is 467 g/mol. The molecule has 1 fully saturated rings. The molecule has 0 aromatic heterocycles. The Kier molecular flexibility index (Phi) is 10.5. The molecule has 1 heterocycles.